The monoisotopic (exact) mass is 312 g/mol. The van der Waals surface area contributed by atoms with Crippen LogP contribution in [0.3, 0.4) is 0 Å². The minimum absolute atomic E-state index is 0.153. The fourth-order valence-corrected chi connectivity index (χ4v) is 2.56. The zero-order chi connectivity index (χ0) is 15.5. The Kier molecular flexibility index (Phi) is 3.80. The lowest BCUT2D eigenvalue weighted by atomic mass is 10.2. The van der Waals surface area contributed by atoms with Crippen LogP contribution in [-0.2, 0) is 4.79 Å². The third kappa shape index (κ3) is 2.94. The number of anilines is 2. The van der Waals surface area contributed by atoms with E-state index >= 15 is 0 Å². The van der Waals surface area contributed by atoms with Crippen molar-refractivity contribution in [3.63, 3.8) is 0 Å². The predicted octanol–water partition coefficient (Wildman–Crippen LogP) is 2.90. The molecule has 1 aromatic heterocycles. The Bertz CT molecular complexity index is 842. The van der Waals surface area contributed by atoms with E-state index in [1.54, 1.807) is 30.3 Å². The van der Waals surface area contributed by atoms with Crippen LogP contribution in [-0.4, -0.2) is 20.6 Å². The summed E-state index contributed by atoms with van der Waals surface area (Å²) in [5.41, 5.74) is 3.20. The van der Waals surface area contributed by atoms with Gasteiger partial charge in [-0.15, -0.1) is 0 Å². The first-order chi connectivity index (χ1) is 10.6. The summed E-state index contributed by atoms with van der Waals surface area (Å²) in [6.07, 6.45) is 0. The summed E-state index contributed by atoms with van der Waals surface area (Å²) in [7, 11) is 0. The maximum atomic E-state index is 12.3. The zero-order valence-electron chi connectivity index (χ0n) is 11.7. The molecule has 2 amide bonds. The van der Waals surface area contributed by atoms with Gasteiger partial charge in [0.2, 0.25) is 5.91 Å². The SMILES string of the molecule is CC(=O)Nc1ccc(C(=O)Nc2cccc3nsnc23)cc1. The third-order valence-corrected chi connectivity index (χ3v) is 3.54. The molecular weight excluding hydrogens is 300 g/mol. The second-order valence-electron chi connectivity index (χ2n) is 4.65. The number of carbonyl (C=O) groups excluding carboxylic acids is 2. The van der Waals surface area contributed by atoms with Gasteiger partial charge < -0.3 is 10.6 Å². The molecule has 6 nitrogen and oxygen atoms in total. The Hall–Kier alpha value is -2.80. The van der Waals surface area contributed by atoms with Crippen molar-refractivity contribution >= 4 is 46.0 Å². The average Bonchev–Trinajstić information content (AvgIpc) is 2.97. The van der Waals surface area contributed by atoms with Crippen LogP contribution in [0.4, 0.5) is 11.4 Å². The zero-order valence-corrected chi connectivity index (χ0v) is 12.5. The topological polar surface area (TPSA) is 84.0 Å². The average molecular weight is 312 g/mol. The van der Waals surface area contributed by atoms with Crippen molar-refractivity contribution in [3.05, 3.63) is 48.0 Å². The van der Waals surface area contributed by atoms with Crippen molar-refractivity contribution in [2.75, 3.05) is 10.6 Å². The Morgan fingerprint density at radius 1 is 1.00 bits per heavy atom. The largest absolute Gasteiger partial charge is 0.326 e. The molecule has 3 rings (SSSR count). The molecule has 2 aromatic carbocycles. The fraction of sp³-hybridized carbons (Fsp3) is 0.0667. The molecule has 7 heteroatoms. The molecule has 0 aliphatic rings. The second kappa shape index (κ2) is 5.90. The third-order valence-electron chi connectivity index (χ3n) is 3.00. The first kappa shape index (κ1) is 14.2. The number of hydrogen-bond donors (Lipinski definition) is 2. The van der Waals surface area contributed by atoms with Gasteiger partial charge >= 0.3 is 0 Å². The lowest BCUT2D eigenvalue weighted by Gasteiger charge is -2.07. The van der Waals surface area contributed by atoms with E-state index in [4.69, 9.17) is 0 Å². The number of aromatic nitrogens is 2. The predicted molar refractivity (Wildman–Crippen MR) is 86.1 cm³/mol. The van der Waals surface area contributed by atoms with E-state index in [1.807, 2.05) is 12.1 Å². The van der Waals surface area contributed by atoms with E-state index in [-0.39, 0.29) is 11.8 Å². The van der Waals surface area contributed by atoms with Gasteiger partial charge in [0, 0.05) is 18.2 Å². The maximum absolute atomic E-state index is 12.3. The minimum atomic E-state index is -0.241. The molecule has 0 saturated heterocycles. The number of nitrogens with one attached hydrogen (secondary N) is 2. The molecule has 1 heterocycles. The van der Waals surface area contributed by atoms with Crippen LogP contribution >= 0.6 is 11.7 Å². The number of hydrogen-bond acceptors (Lipinski definition) is 5. The van der Waals surface area contributed by atoms with E-state index < -0.39 is 0 Å². The van der Waals surface area contributed by atoms with E-state index in [1.165, 1.54) is 6.92 Å². The lowest BCUT2D eigenvalue weighted by molar-refractivity contribution is -0.114. The molecule has 0 unspecified atom stereocenters. The molecule has 2 N–H and O–H groups in total. The highest BCUT2D eigenvalue weighted by Gasteiger charge is 2.10. The Labute approximate surface area is 130 Å². The van der Waals surface area contributed by atoms with Crippen LogP contribution in [0.5, 0.6) is 0 Å². The molecule has 0 saturated carbocycles. The molecule has 0 aliphatic carbocycles. The summed E-state index contributed by atoms with van der Waals surface area (Å²) in [6.45, 7) is 1.43. The van der Waals surface area contributed by atoms with E-state index in [9.17, 15) is 9.59 Å². The summed E-state index contributed by atoms with van der Waals surface area (Å²) in [4.78, 5) is 23.2. The highest BCUT2D eigenvalue weighted by molar-refractivity contribution is 7.00. The van der Waals surface area contributed by atoms with Crippen LogP contribution in [0.25, 0.3) is 11.0 Å². The molecule has 0 fully saturated rings. The summed E-state index contributed by atoms with van der Waals surface area (Å²) >= 11 is 1.11. The first-order valence-corrected chi connectivity index (χ1v) is 7.27. The molecule has 0 radical (unpaired) electrons. The summed E-state index contributed by atoms with van der Waals surface area (Å²) in [6, 6.07) is 12.1. The molecular formula is C15H12N4O2S. The van der Waals surface area contributed by atoms with Crippen molar-refractivity contribution in [2.24, 2.45) is 0 Å². The first-order valence-electron chi connectivity index (χ1n) is 6.54. The molecule has 0 atom stereocenters. The van der Waals surface area contributed by atoms with Gasteiger partial charge in [-0.2, -0.15) is 8.75 Å². The van der Waals surface area contributed by atoms with Crippen molar-refractivity contribution in [3.8, 4) is 0 Å². The lowest BCUT2D eigenvalue weighted by Crippen LogP contribution is -2.12. The smallest absolute Gasteiger partial charge is 0.255 e. The maximum Gasteiger partial charge on any atom is 0.255 e. The van der Waals surface area contributed by atoms with E-state index in [0.29, 0.717) is 22.5 Å². The summed E-state index contributed by atoms with van der Waals surface area (Å²) in [5, 5.41) is 5.48. The number of benzene rings is 2. The van der Waals surface area contributed by atoms with Crippen molar-refractivity contribution in [2.45, 2.75) is 6.92 Å². The highest BCUT2D eigenvalue weighted by atomic mass is 32.1. The second-order valence-corrected chi connectivity index (χ2v) is 5.18. The summed E-state index contributed by atoms with van der Waals surface area (Å²) in [5.74, 6) is -0.394. The van der Waals surface area contributed by atoms with Gasteiger partial charge in [0.15, 0.2) is 0 Å². The van der Waals surface area contributed by atoms with Crippen LogP contribution in [0.2, 0.25) is 0 Å². The standard InChI is InChI=1S/C15H12N4O2S/c1-9(20)16-11-7-5-10(6-8-11)15(21)17-12-3-2-4-13-14(12)19-22-18-13/h2-8H,1H3,(H,16,20)(H,17,21). The minimum Gasteiger partial charge on any atom is -0.326 e. The quantitative estimate of drug-likeness (QED) is 0.779. The van der Waals surface area contributed by atoms with Gasteiger partial charge in [0.05, 0.1) is 17.4 Å². The number of fused-ring (bicyclic) bond motifs is 1. The number of amides is 2. The Balaban J connectivity index is 1.79. The Morgan fingerprint density at radius 2 is 1.77 bits per heavy atom. The summed E-state index contributed by atoms with van der Waals surface area (Å²) < 4.78 is 8.32. The van der Waals surface area contributed by atoms with Gasteiger partial charge in [-0.25, -0.2) is 0 Å². The molecule has 110 valence electrons. The van der Waals surface area contributed by atoms with Crippen LogP contribution in [0.1, 0.15) is 17.3 Å². The molecule has 3 aromatic rings. The number of nitrogens with zero attached hydrogens (tertiary/aromatic N) is 2. The van der Waals surface area contributed by atoms with E-state index in [0.717, 1.165) is 17.2 Å². The number of carbonyl (C=O) groups is 2. The van der Waals surface area contributed by atoms with Crippen LogP contribution in [0, 0.1) is 0 Å². The molecule has 0 aliphatic heterocycles. The van der Waals surface area contributed by atoms with Gasteiger partial charge in [-0.1, -0.05) is 6.07 Å². The van der Waals surface area contributed by atoms with Crippen molar-refractivity contribution < 1.29 is 9.59 Å². The van der Waals surface area contributed by atoms with E-state index in [2.05, 4.69) is 19.4 Å². The fourth-order valence-electron chi connectivity index (χ4n) is 2.01. The van der Waals surface area contributed by atoms with Gasteiger partial charge in [0.25, 0.3) is 5.91 Å². The molecule has 0 spiro atoms. The van der Waals surface area contributed by atoms with Gasteiger partial charge in [-0.05, 0) is 36.4 Å². The molecule has 22 heavy (non-hydrogen) atoms. The highest BCUT2D eigenvalue weighted by Crippen LogP contribution is 2.22. The van der Waals surface area contributed by atoms with Crippen molar-refractivity contribution in [1.82, 2.24) is 8.75 Å². The normalized spacial score (nSPS) is 10.4. The van der Waals surface area contributed by atoms with Gasteiger partial charge in [-0.3, -0.25) is 9.59 Å². The number of rotatable bonds is 3. The van der Waals surface area contributed by atoms with Crippen LogP contribution in [0.15, 0.2) is 42.5 Å². The van der Waals surface area contributed by atoms with Crippen molar-refractivity contribution in [1.29, 1.82) is 0 Å². The molecule has 0 bridgehead atoms. The van der Waals surface area contributed by atoms with Gasteiger partial charge in [0.1, 0.15) is 11.0 Å². The van der Waals surface area contributed by atoms with Crippen LogP contribution < -0.4 is 10.6 Å². The Morgan fingerprint density at radius 3 is 2.50 bits per heavy atom.